The van der Waals surface area contributed by atoms with Crippen molar-refractivity contribution in [2.24, 2.45) is 5.92 Å². The van der Waals surface area contributed by atoms with Gasteiger partial charge in [-0.05, 0) is 50.2 Å². The maximum absolute atomic E-state index is 13.2. The number of carbonyl (C=O) groups excluding carboxylic acids is 2. The number of amides is 2. The molecule has 1 aromatic rings. The van der Waals surface area contributed by atoms with Crippen LogP contribution in [0, 0.1) is 5.92 Å². The maximum Gasteiger partial charge on any atom is 0.242 e. The van der Waals surface area contributed by atoms with Crippen LogP contribution in [-0.4, -0.2) is 53.5 Å². The molecule has 2 heterocycles. The fourth-order valence-electron chi connectivity index (χ4n) is 4.70. The second-order valence-corrected chi connectivity index (χ2v) is 8.93. The molecule has 1 aliphatic heterocycles. The van der Waals surface area contributed by atoms with Crippen LogP contribution in [-0.2, 0) is 20.9 Å². The average Bonchev–Trinajstić information content (AvgIpc) is 3.16. The lowest BCUT2D eigenvalue weighted by Crippen LogP contribution is -2.45. The van der Waals surface area contributed by atoms with Crippen LogP contribution in [0.25, 0.3) is 0 Å². The molecule has 160 valence electrons. The summed E-state index contributed by atoms with van der Waals surface area (Å²) in [6, 6.07) is 3.98. The van der Waals surface area contributed by atoms with E-state index in [0.29, 0.717) is 25.4 Å². The fourth-order valence-corrected chi connectivity index (χ4v) is 4.70. The highest BCUT2D eigenvalue weighted by Crippen LogP contribution is 2.31. The Balaban J connectivity index is 1.35. The van der Waals surface area contributed by atoms with E-state index in [1.54, 1.807) is 6.26 Å². The molecule has 1 atom stereocenters. The minimum atomic E-state index is -0.00184. The van der Waals surface area contributed by atoms with Crippen LogP contribution in [0.3, 0.4) is 0 Å². The Morgan fingerprint density at radius 2 is 1.86 bits per heavy atom. The van der Waals surface area contributed by atoms with Crippen molar-refractivity contribution in [2.75, 3.05) is 19.7 Å². The normalized spacial score (nSPS) is 22.1. The number of ether oxygens (including phenoxy) is 1. The summed E-state index contributed by atoms with van der Waals surface area (Å²) in [5.41, 5.74) is 0. The molecule has 4 rings (SSSR count). The number of carbonyl (C=O) groups is 2. The summed E-state index contributed by atoms with van der Waals surface area (Å²) in [5.74, 6) is 1.62. The van der Waals surface area contributed by atoms with Crippen molar-refractivity contribution >= 4 is 11.8 Å². The molecular weight excluding hydrogens is 368 g/mol. The van der Waals surface area contributed by atoms with Gasteiger partial charge in [0, 0.05) is 25.6 Å². The van der Waals surface area contributed by atoms with Gasteiger partial charge < -0.3 is 19.0 Å². The van der Waals surface area contributed by atoms with E-state index < -0.39 is 0 Å². The quantitative estimate of drug-likeness (QED) is 0.598. The van der Waals surface area contributed by atoms with Crippen molar-refractivity contribution in [1.82, 2.24) is 9.80 Å². The molecule has 0 unspecified atom stereocenters. The standard InChI is InChI=1S/C23H34N2O4/c26-22(12-9-18-5-1-2-6-18)25(19-10-11-19)17-23(27)24(15-20-7-3-13-28-20)16-21-8-4-14-29-21/h3,7,13,18-19,21H,1-2,4-6,8-12,14-17H2/t21-/m1/s1. The Morgan fingerprint density at radius 1 is 1.03 bits per heavy atom. The molecule has 2 amide bonds. The molecule has 2 saturated carbocycles. The lowest BCUT2D eigenvalue weighted by atomic mass is 10.0. The van der Waals surface area contributed by atoms with Gasteiger partial charge in [0.15, 0.2) is 0 Å². The van der Waals surface area contributed by atoms with E-state index in [4.69, 9.17) is 9.15 Å². The first kappa shape index (κ1) is 20.5. The predicted molar refractivity (Wildman–Crippen MR) is 109 cm³/mol. The van der Waals surface area contributed by atoms with Gasteiger partial charge in [0.25, 0.3) is 0 Å². The molecule has 6 heteroatoms. The highest BCUT2D eigenvalue weighted by Gasteiger charge is 2.35. The highest BCUT2D eigenvalue weighted by atomic mass is 16.5. The summed E-state index contributed by atoms with van der Waals surface area (Å²) in [4.78, 5) is 29.8. The van der Waals surface area contributed by atoms with Gasteiger partial charge in [0.1, 0.15) is 12.3 Å². The van der Waals surface area contributed by atoms with Crippen LogP contribution < -0.4 is 0 Å². The van der Waals surface area contributed by atoms with Crippen LogP contribution in [0.1, 0.15) is 70.0 Å². The van der Waals surface area contributed by atoms with Gasteiger partial charge in [-0.15, -0.1) is 0 Å². The number of rotatable bonds is 10. The Bertz CT molecular complexity index is 658. The Kier molecular flexibility index (Phi) is 6.90. The molecule has 1 aromatic heterocycles. The van der Waals surface area contributed by atoms with Crippen molar-refractivity contribution in [2.45, 2.75) is 82.9 Å². The fraction of sp³-hybridized carbons (Fsp3) is 0.739. The lowest BCUT2D eigenvalue weighted by molar-refractivity contribution is -0.142. The van der Waals surface area contributed by atoms with Crippen molar-refractivity contribution < 1.29 is 18.7 Å². The third-order valence-corrected chi connectivity index (χ3v) is 6.58. The molecule has 1 saturated heterocycles. The van der Waals surface area contributed by atoms with Crippen LogP contribution >= 0.6 is 0 Å². The zero-order valence-corrected chi connectivity index (χ0v) is 17.4. The summed E-state index contributed by atoms with van der Waals surface area (Å²) in [5, 5.41) is 0. The van der Waals surface area contributed by atoms with Crippen LogP contribution in [0.2, 0.25) is 0 Å². The first-order chi connectivity index (χ1) is 14.2. The predicted octanol–water partition coefficient (Wildman–Crippen LogP) is 3.75. The molecule has 0 bridgehead atoms. The summed E-state index contributed by atoms with van der Waals surface area (Å²) >= 11 is 0. The monoisotopic (exact) mass is 402 g/mol. The first-order valence-electron chi connectivity index (χ1n) is 11.4. The molecule has 6 nitrogen and oxygen atoms in total. The lowest BCUT2D eigenvalue weighted by Gasteiger charge is -2.29. The zero-order chi connectivity index (χ0) is 20.1. The van der Waals surface area contributed by atoms with E-state index in [9.17, 15) is 9.59 Å². The van der Waals surface area contributed by atoms with E-state index >= 15 is 0 Å². The number of nitrogens with zero attached hydrogens (tertiary/aromatic N) is 2. The molecule has 0 spiro atoms. The SMILES string of the molecule is O=C(CN(C(=O)CCC1CCCC1)C1CC1)N(Cc1ccco1)C[C@H]1CCCO1. The van der Waals surface area contributed by atoms with Gasteiger partial charge in [0.2, 0.25) is 11.8 Å². The summed E-state index contributed by atoms with van der Waals surface area (Å²) in [6.45, 7) is 1.94. The molecule has 0 radical (unpaired) electrons. The van der Waals surface area contributed by atoms with E-state index in [1.807, 2.05) is 21.9 Å². The second kappa shape index (κ2) is 9.79. The highest BCUT2D eigenvalue weighted by molar-refractivity contribution is 5.85. The van der Waals surface area contributed by atoms with Crippen molar-refractivity contribution in [3.63, 3.8) is 0 Å². The van der Waals surface area contributed by atoms with E-state index in [2.05, 4.69) is 0 Å². The number of hydrogen-bond donors (Lipinski definition) is 0. The van der Waals surface area contributed by atoms with Gasteiger partial charge in [-0.2, -0.15) is 0 Å². The van der Waals surface area contributed by atoms with Crippen molar-refractivity contribution in [3.8, 4) is 0 Å². The first-order valence-corrected chi connectivity index (χ1v) is 11.4. The van der Waals surface area contributed by atoms with E-state index in [-0.39, 0.29) is 30.5 Å². The van der Waals surface area contributed by atoms with Gasteiger partial charge in [-0.3, -0.25) is 9.59 Å². The molecule has 2 aliphatic carbocycles. The maximum atomic E-state index is 13.2. The number of furan rings is 1. The molecule has 29 heavy (non-hydrogen) atoms. The minimum Gasteiger partial charge on any atom is -0.467 e. The van der Waals surface area contributed by atoms with Gasteiger partial charge in [-0.25, -0.2) is 0 Å². The molecule has 0 N–H and O–H groups in total. The smallest absolute Gasteiger partial charge is 0.242 e. The third kappa shape index (κ3) is 5.84. The largest absolute Gasteiger partial charge is 0.467 e. The molecular formula is C23H34N2O4. The van der Waals surface area contributed by atoms with E-state index in [0.717, 1.165) is 44.5 Å². The van der Waals surface area contributed by atoms with Crippen LogP contribution in [0.4, 0.5) is 0 Å². The summed E-state index contributed by atoms with van der Waals surface area (Å²) < 4.78 is 11.2. The van der Waals surface area contributed by atoms with Gasteiger partial charge >= 0.3 is 0 Å². The molecule has 3 fully saturated rings. The Morgan fingerprint density at radius 3 is 2.52 bits per heavy atom. The summed E-state index contributed by atoms with van der Waals surface area (Å²) in [6.07, 6.45) is 12.5. The Labute approximate surface area is 173 Å². The van der Waals surface area contributed by atoms with E-state index in [1.165, 1.54) is 25.7 Å². The molecule has 0 aromatic carbocycles. The Hall–Kier alpha value is -1.82. The summed E-state index contributed by atoms with van der Waals surface area (Å²) in [7, 11) is 0. The van der Waals surface area contributed by atoms with Crippen LogP contribution in [0.15, 0.2) is 22.8 Å². The second-order valence-electron chi connectivity index (χ2n) is 8.93. The van der Waals surface area contributed by atoms with Crippen LogP contribution in [0.5, 0.6) is 0 Å². The zero-order valence-electron chi connectivity index (χ0n) is 17.4. The van der Waals surface area contributed by atoms with Gasteiger partial charge in [0.05, 0.1) is 18.9 Å². The third-order valence-electron chi connectivity index (χ3n) is 6.58. The van der Waals surface area contributed by atoms with Crippen molar-refractivity contribution in [1.29, 1.82) is 0 Å². The number of hydrogen-bond acceptors (Lipinski definition) is 4. The topological polar surface area (TPSA) is 63.0 Å². The minimum absolute atomic E-state index is 0.00184. The average molecular weight is 403 g/mol. The van der Waals surface area contributed by atoms with Crippen molar-refractivity contribution in [3.05, 3.63) is 24.2 Å². The molecule has 3 aliphatic rings. The van der Waals surface area contributed by atoms with Gasteiger partial charge in [-0.1, -0.05) is 25.7 Å².